The van der Waals surface area contributed by atoms with Gasteiger partial charge >= 0.3 is 0 Å². The highest BCUT2D eigenvalue weighted by atomic mass is 35.5. The number of nitrogens with zero attached hydrogens (tertiary/aromatic N) is 4. The molecule has 6 nitrogen and oxygen atoms in total. The second-order valence-corrected chi connectivity index (χ2v) is 9.12. The van der Waals surface area contributed by atoms with E-state index in [1.807, 2.05) is 6.07 Å². The molecular weight excluding hydrogens is 510 g/mol. The van der Waals surface area contributed by atoms with Gasteiger partial charge in [-0.3, -0.25) is 9.48 Å². The molecule has 37 heavy (non-hydrogen) atoms. The van der Waals surface area contributed by atoms with Gasteiger partial charge in [0.2, 0.25) is 0 Å². The van der Waals surface area contributed by atoms with Gasteiger partial charge in [-0.25, -0.2) is 17.6 Å². The Kier molecular flexibility index (Phi) is 6.04. The lowest BCUT2D eigenvalue weighted by Gasteiger charge is -2.33. The van der Waals surface area contributed by atoms with Crippen molar-refractivity contribution in [2.45, 2.75) is 19.4 Å². The smallest absolute Gasteiger partial charge is 0.256 e. The molecule has 4 aromatic rings. The molecule has 0 spiro atoms. The normalized spacial score (nSPS) is 15.0. The number of amides is 1. The number of hydrogen-bond acceptors (Lipinski definition) is 3. The van der Waals surface area contributed by atoms with Gasteiger partial charge < -0.3 is 9.88 Å². The third-order valence-corrected chi connectivity index (χ3v) is 6.95. The SMILES string of the molecule is C[C@H]1c2nn(C)c(-c3cc(F)c(F)c(F)c3)c2CCN1C(=O)c1cc(F)cc(-c2c[nH]c(C#N)c2)c1Cl. The summed E-state index contributed by atoms with van der Waals surface area (Å²) in [4.78, 5) is 17.8. The molecule has 1 aliphatic heterocycles. The molecule has 1 atom stereocenters. The number of H-pyrrole nitrogens is 1. The highest BCUT2D eigenvalue weighted by Gasteiger charge is 2.35. The van der Waals surface area contributed by atoms with Crippen LogP contribution in [0, 0.1) is 34.6 Å². The Hall–Kier alpha value is -4.10. The number of hydrogen-bond donors (Lipinski definition) is 1. The first-order valence-electron chi connectivity index (χ1n) is 11.2. The molecule has 1 N–H and O–H groups in total. The van der Waals surface area contributed by atoms with E-state index in [0.29, 0.717) is 28.9 Å². The van der Waals surface area contributed by atoms with Gasteiger partial charge in [-0.1, -0.05) is 11.6 Å². The minimum Gasteiger partial charge on any atom is -0.352 e. The summed E-state index contributed by atoms with van der Waals surface area (Å²) in [5.41, 5.74) is 2.63. The van der Waals surface area contributed by atoms with Crippen LogP contribution >= 0.6 is 11.6 Å². The Morgan fingerprint density at radius 2 is 1.84 bits per heavy atom. The predicted octanol–water partition coefficient (Wildman–Crippen LogP) is 5.92. The predicted molar refractivity (Wildman–Crippen MR) is 128 cm³/mol. The van der Waals surface area contributed by atoms with E-state index in [-0.39, 0.29) is 34.0 Å². The molecule has 3 heterocycles. The summed E-state index contributed by atoms with van der Waals surface area (Å²) in [6, 6.07) is 6.93. The molecule has 2 aromatic carbocycles. The zero-order chi connectivity index (χ0) is 26.6. The number of nitrogens with one attached hydrogen (secondary N) is 1. The molecular formula is C26H18ClF4N5O. The lowest BCUT2D eigenvalue weighted by molar-refractivity contribution is 0.0673. The van der Waals surface area contributed by atoms with Gasteiger partial charge in [0.25, 0.3) is 5.91 Å². The van der Waals surface area contributed by atoms with Gasteiger partial charge in [0.05, 0.1) is 28.0 Å². The lowest BCUT2D eigenvalue weighted by atomic mass is 9.94. The average molecular weight is 528 g/mol. The minimum absolute atomic E-state index is 0.0341. The summed E-state index contributed by atoms with van der Waals surface area (Å²) in [6.45, 7) is 1.93. The molecule has 0 aliphatic carbocycles. The standard InChI is InChI=1S/C26H18ClF4N5O/c1-12-24-17(25(35(2)34-24)13-6-20(29)23(31)21(30)7-13)3-4-36(12)26(37)19-9-15(28)8-18(22(19)27)14-5-16(10-32)33-11-14/h5-9,11-12,33H,3-4H2,1-2H3/t12-/m0/s1. The number of aryl methyl sites for hydroxylation is 1. The van der Waals surface area contributed by atoms with Gasteiger partial charge in [0.1, 0.15) is 17.6 Å². The van der Waals surface area contributed by atoms with Crippen LogP contribution in [0.1, 0.15) is 40.3 Å². The molecule has 1 aliphatic rings. The number of nitriles is 1. The zero-order valence-corrected chi connectivity index (χ0v) is 20.3. The fourth-order valence-electron chi connectivity index (χ4n) is 4.80. The van der Waals surface area contributed by atoms with Gasteiger partial charge in [0.15, 0.2) is 17.5 Å². The Morgan fingerprint density at radius 1 is 1.14 bits per heavy atom. The Bertz CT molecular complexity index is 1600. The van der Waals surface area contributed by atoms with Crippen molar-refractivity contribution in [2.75, 3.05) is 6.54 Å². The number of halogens is 5. The van der Waals surface area contributed by atoms with Gasteiger partial charge in [0, 0.05) is 42.0 Å². The van der Waals surface area contributed by atoms with E-state index in [0.717, 1.165) is 18.2 Å². The Labute approximate surface area is 213 Å². The first-order chi connectivity index (χ1) is 17.6. The number of aromatic amines is 1. The summed E-state index contributed by atoms with van der Waals surface area (Å²) >= 11 is 6.55. The number of benzene rings is 2. The highest BCUT2D eigenvalue weighted by Crippen LogP contribution is 2.39. The third-order valence-electron chi connectivity index (χ3n) is 6.54. The number of carbonyl (C=O) groups excluding carboxylic acids is 1. The first-order valence-corrected chi connectivity index (χ1v) is 11.6. The maximum Gasteiger partial charge on any atom is 0.256 e. The molecule has 5 rings (SSSR count). The van der Waals surface area contributed by atoms with E-state index < -0.39 is 35.2 Å². The van der Waals surface area contributed by atoms with E-state index in [4.69, 9.17) is 16.9 Å². The van der Waals surface area contributed by atoms with Gasteiger partial charge in [-0.15, -0.1) is 0 Å². The molecule has 188 valence electrons. The van der Waals surface area contributed by atoms with Gasteiger partial charge in [-0.2, -0.15) is 10.4 Å². The van der Waals surface area contributed by atoms with E-state index >= 15 is 0 Å². The van der Waals surface area contributed by atoms with Crippen LogP contribution < -0.4 is 0 Å². The summed E-state index contributed by atoms with van der Waals surface area (Å²) < 4.78 is 57.3. The van der Waals surface area contributed by atoms with Crippen LogP contribution in [0.2, 0.25) is 5.02 Å². The van der Waals surface area contributed by atoms with Gasteiger partial charge in [-0.05, 0) is 43.7 Å². The van der Waals surface area contributed by atoms with Crippen molar-refractivity contribution in [3.63, 3.8) is 0 Å². The number of fused-ring (bicyclic) bond motifs is 1. The quantitative estimate of drug-likeness (QED) is 0.265. The van der Waals surface area contributed by atoms with Crippen LogP contribution in [0.3, 0.4) is 0 Å². The molecule has 0 fully saturated rings. The topological polar surface area (TPSA) is 77.7 Å². The van der Waals surface area contributed by atoms with Crippen molar-refractivity contribution in [1.29, 1.82) is 5.26 Å². The second kappa shape index (κ2) is 9.09. The van der Waals surface area contributed by atoms with E-state index in [1.165, 1.54) is 27.9 Å². The highest BCUT2D eigenvalue weighted by molar-refractivity contribution is 6.36. The molecule has 0 saturated heterocycles. The number of carbonyl (C=O) groups is 1. The molecule has 2 aromatic heterocycles. The molecule has 11 heteroatoms. The lowest BCUT2D eigenvalue weighted by Crippen LogP contribution is -2.39. The van der Waals surface area contributed by atoms with Crippen molar-refractivity contribution in [1.82, 2.24) is 19.7 Å². The third kappa shape index (κ3) is 4.05. The maximum atomic E-state index is 14.6. The number of rotatable bonds is 3. The summed E-state index contributed by atoms with van der Waals surface area (Å²) in [5.74, 6) is -5.38. The monoisotopic (exact) mass is 527 g/mol. The van der Waals surface area contributed by atoms with Crippen LogP contribution in [-0.4, -0.2) is 32.1 Å². The minimum atomic E-state index is -1.56. The summed E-state index contributed by atoms with van der Waals surface area (Å²) in [5, 5.41) is 13.6. The largest absolute Gasteiger partial charge is 0.352 e. The van der Waals surface area contributed by atoms with Crippen molar-refractivity contribution in [3.8, 4) is 28.5 Å². The fourth-order valence-corrected chi connectivity index (χ4v) is 5.10. The molecule has 0 radical (unpaired) electrons. The Morgan fingerprint density at radius 3 is 2.49 bits per heavy atom. The molecule has 0 bridgehead atoms. The van der Waals surface area contributed by atoms with Crippen LogP contribution in [0.4, 0.5) is 17.6 Å². The van der Waals surface area contributed by atoms with Crippen molar-refractivity contribution in [2.24, 2.45) is 7.05 Å². The zero-order valence-electron chi connectivity index (χ0n) is 19.5. The van der Waals surface area contributed by atoms with E-state index in [9.17, 15) is 22.4 Å². The maximum absolute atomic E-state index is 14.6. The summed E-state index contributed by atoms with van der Waals surface area (Å²) in [6.07, 6.45) is 1.79. The average Bonchev–Trinajstić information content (AvgIpc) is 3.47. The van der Waals surface area contributed by atoms with Crippen LogP contribution in [0.5, 0.6) is 0 Å². The fraction of sp³-hybridized carbons (Fsp3) is 0.192. The van der Waals surface area contributed by atoms with E-state index in [2.05, 4.69) is 10.1 Å². The van der Waals surface area contributed by atoms with E-state index in [1.54, 1.807) is 14.0 Å². The van der Waals surface area contributed by atoms with Crippen molar-refractivity contribution in [3.05, 3.63) is 87.3 Å². The molecule has 0 unspecified atom stereocenters. The van der Waals surface area contributed by atoms with Crippen LogP contribution in [0.25, 0.3) is 22.4 Å². The summed E-state index contributed by atoms with van der Waals surface area (Å²) in [7, 11) is 1.59. The second-order valence-electron chi connectivity index (χ2n) is 8.74. The van der Waals surface area contributed by atoms with Crippen LogP contribution in [-0.2, 0) is 13.5 Å². The first kappa shape index (κ1) is 24.6. The van der Waals surface area contributed by atoms with Crippen molar-refractivity contribution < 1.29 is 22.4 Å². The molecule has 1 amide bonds. The molecule has 0 saturated carbocycles. The Balaban J connectivity index is 1.52. The van der Waals surface area contributed by atoms with Crippen LogP contribution in [0.15, 0.2) is 36.5 Å². The van der Waals surface area contributed by atoms with Crippen molar-refractivity contribution >= 4 is 17.5 Å². The number of aromatic nitrogens is 3.